The third-order valence-electron chi connectivity index (χ3n) is 8.88. The second kappa shape index (κ2) is 12.3. The largest absolute Gasteiger partial charge is 0.350 e. The molecule has 0 bridgehead atoms. The molecule has 208 valence electrons. The zero-order chi connectivity index (χ0) is 27.4. The fraction of sp³-hybridized carbons (Fsp3) is 0.531. The maximum atomic E-state index is 14.5. The molecule has 2 saturated carbocycles. The highest BCUT2D eigenvalue weighted by molar-refractivity contribution is 5.99. The summed E-state index contributed by atoms with van der Waals surface area (Å²) in [6, 6.07) is 17.6. The lowest BCUT2D eigenvalue weighted by molar-refractivity contribution is -0.151. The number of rotatable bonds is 6. The number of nitrogens with two attached hydrogens (primary N) is 1. The van der Waals surface area contributed by atoms with Crippen molar-refractivity contribution < 1.29 is 14.4 Å². The average molecular weight is 531 g/mol. The zero-order valence-electron chi connectivity index (χ0n) is 23.1. The maximum absolute atomic E-state index is 14.5. The molecule has 2 aromatic carbocycles. The van der Waals surface area contributed by atoms with Crippen LogP contribution in [0.25, 0.3) is 0 Å². The van der Waals surface area contributed by atoms with Crippen LogP contribution in [-0.2, 0) is 9.59 Å². The van der Waals surface area contributed by atoms with Crippen LogP contribution in [0.5, 0.6) is 0 Å². The van der Waals surface area contributed by atoms with Gasteiger partial charge >= 0.3 is 0 Å². The average Bonchev–Trinajstić information content (AvgIpc) is 3.49. The molecular weight excluding hydrogens is 488 g/mol. The van der Waals surface area contributed by atoms with Gasteiger partial charge in [0.25, 0.3) is 11.8 Å². The van der Waals surface area contributed by atoms with Gasteiger partial charge in [-0.05, 0) is 75.5 Å². The van der Waals surface area contributed by atoms with Gasteiger partial charge < -0.3 is 20.9 Å². The van der Waals surface area contributed by atoms with E-state index in [4.69, 9.17) is 5.73 Å². The van der Waals surface area contributed by atoms with Gasteiger partial charge in [-0.3, -0.25) is 14.4 Å². The predicted molar refractivity (Wildman–Crippen MR) is 152 cm³/mol. The smallest absolute Gasteiger partial charge is 0.264 e. The number of amides is 3. The lowest BCUT2D eigenvalue weighted by Crippen LogP contribution is -2.65. The first-order chi connectivity index (χ1) is 18.9. The van der Waals surface area contributed by atoms with Crippen molar-refractivity contribution in [3.8, 4) is 0 Å². The first-order valence-electron chi connectivity index (χ1n) is 14.7. The highest BCUT2D eigenvalue weighted by Gasteiger charge is 2.45. The molecule has 3 amide bonds. The molecule has 1 heterocycles. The molecule has 39 heavy (non-hydrogen) atoms. The van der Waals surface area contributed by atoms with Crippen molar-refractivity contribution in [3.63, 3.8) is 0 Å². The summed E-state index contributed by atoms with van der Waals surface area (Å²) >= 11 is 0. The Balaban J connectivity index is 1.47. The highest BCUT2D eigenvalue weighted by Crippen LogP contribution is 2.39. The van der Waals surface area contributed by atoms with Crippen LogP contribution in [0.3, 0.4) is 0 Å². The van der Waals surface area contributed by atoms with E-state index in [9.17, 15) is 14.4 Å². The quantitative estimate of drug-likeness (QED) is 0.580. The number of hydrogen-bond acceptors (Lipinski definition) is 4. The van der Waals surface area contributed by atoms with Crippen molar-refractivity contribution in [1.82, 2.24) is 15.1 Å². The molecule has 2 unspecified atom stereocenters. The summed E-state index contributed by atoms with van der Waals surface area (Å²) in [7, 11) is 0. The van der Waals surface area contributed by atoms with E-state index < -0.39 is 6.17 Å². The van der Waals surface area contributed by atoms with Gasteiger partial charge in [0.05, 0.1) is 5.92 Å². The Labute approximate surface area is 232 Å². The van der Waals surface area contributed by atoms with Crippen LogP contribution in [0.1, 0.15) is 85.2 Å². The summed E-state index contributed by atoms with van der Waals surface area (Å²) in [5.74, 6) is -0.587. The maximum Gasteiger partial charge on any atom is 0.264 e. The van der Waals surface area contributed by atoms with Gasteiger partial charge in [0.2, 0.25) is 5.91 Å². The van der Waals surface area contributed by atoms with Crippen LogP contribution in [0, 0.1) is 12.8 Å². The van der Waals surface area contributed by atoms with Gasteiger partial charge in [0.15, 0.2) is 6.17 Å². The Morgan fingerprint density at radius 1 is 0.821 bits per heavy atom. The molecule has 7 heteroatoms. The minimum atomic E-state index is -0.969. The summed E-state index contributed by atoms with van der Waals surface area (Å²) in [6.45, 7) is 2.87. The van der Waals surface area contributed by atoms with E-state index in [0.717, 1.165) is 62.5 Å². The third-order valence-corrected chi connectivity index (χ3v) is 8.88. The molecule has 2 atom stereocenters. The van der Waals surface area contributed by atoms with Crippen molar-refractivity contribution in [2.75, 3.05) is 13.1 Å². The van der Waals surface area contributed by atoms with Gasteiger partial charge in [-0.1, -0.05) is 60.9 Å². The SMILES string of the molecule is Cc1ccc(C(=O)N2CCCN(C(=O)C(c3ccccc3)C3CCCC3)C2C(=O)NC2CCC(N)CC2)cc1. The van der Waals surface area contributed by atoms with Crippen LogP contribution in [-0.4, -0.2) is 58.9 Å². The van der Waals surface area contributed by atoms with E-state index in [1.54, 1.807) is 21.9 Å². The van der Waals surface area contributed by atoms with E-state index in [1.165, 1.54) is 0 Å². The Bertz CT molecular complexity index is 1140. The van der Waals surface area contributed by atoms with Crippen molar-refractivity contribution in [1.29, 1.82) is 0 Å². The van der Waals surface area contributed by atoms with Crippen molar-refractivity contribution in [2.24, 2.45) is 11.7 Å². The molecule has 1 aliphatic heterocycles. The molecule has 5 rings (SSSR count). The van der Waals surface area contributed by atoms with Gasteiger partial charge in [-0.15, -0.1) is 0 Å². The number of carbonyl (C=O) groups is 3. The minimum Gasteiger partial charge on any atom is -0.350 e. The Hall–Kier alpha value is -3.19. The molecule has 0 aromatic heterocycles. The Morgan fingerprint density at radius 3 is 2.13 bits per heavy atom. The van der Waals surface area contributed by atoms with Crippen molar-refractivity contribution in [2.45, 2.75) is 88.9 Å². The van der Waals surface area contributed by atoms with E-state index >= 15 is 0 Å². The minimum absolute atomic E-state index is 0.00672. The third kappa shape index (κ3) is 6.19. The standard InChI is InChI=1S/C32H42N4O3/c1-22-12-14-25(15-13-22)31(38)35-20-7-21-36(30(35)29(37)34-27-18-16-26(33)17-19-27)32(39)28(24-10-5-6-11-24)23-8-3-2-4-9-23/h2-4,8-9,12-15,24,26-28,30H,5-7,10-11,16-21,33H2,1H3,(H,34,37). The molecule has 1 saturated heterocycles. The lowest BCUT2D eigenvalue weighted by Gasteiger charge is -2.45. The van der Waals surface area contributed by atoms with Crippen LogP contribution in [0.2, 0.25) is 0 Å². The van der Waals surface area contributed by atoms with E-state index in [-0.39, 0.29) is 41.6 Å². The van der Waals surface area contributed by atoms with Crippen LogP contribution in [0.15, 0.2) is 54.6 Å². The number of nitrogens with one attached hydrogen (secondary N) is 1. The molecule has 3 fully saturated rings. The van der Waals surface area contributed by atoms with E-state index in [0.29, 0.717) is 25.1 Å². The van der Waals surface area contributed by atoms with Crippen LogP contribution in [0.4, 0.5) is 0 Å². The molecule has 2 aliphatic carbocycles. The fourth-order valence-corrected chi connectivity index (χ4v) is 6.70. The Morgan fingerprint density at radius 2 is 1.46 bits per heavy atom. The first-order valence-corrected chi connectivity index (χ1v) is 14.7. The highest BCUT2D eigenvalue weighted by atomic mass is 16.2. The van der Waals surface area contributed by atoms with Crippen LogP contribution < -0.4 is 11.1 Å². The van der Waals surface area contributed by atoms with Crippen molar-refractivity contribution in [3.05, 3.63) is 71.3 Å². The fourth-order valence-electron chi connectivity index (χ4n) is 6.70. The summed E-state index contributed by atoms with van der Waals surface area (Å²) in [5.41, 5.74) is 8.69. The number of hydrogen-bond donors (Lipinski definition) is 2. The summed E-state index contributed by atoms with van der Waals surface area (Å²) in [5, 5.41) is 3.21. The molecule has 0 radical (unpaired) electrons. The van der Waals surface area contributed by atoms with Gasteiger partial charge in [-0.2, -0.15) is 0 Å². The normalized spacial score (nSPS) is 24.8. The molecule has 2 aromatic rings. The Kier molecular flexibility index (Phi) is 8.66. The van der Waals surface area contributed by atoms with Gasteiger partial charge in [0.1, 0.15) is 0 Å². The second-order valence-electron chi connectivity index (χ2n) is 11.7. The number of nitrogens with zero attached hydrogens (tertiary/aromatic N) is 2. The topological polar surface area (TPSA) is 95.7 Å². The van der Waals surface area contributed by atoms with Crippen molar-refractivity contribution >= 4 is 17.7 Å². The van der Waals surface area contributed by atoms with Gasteiger partial charge in [-0.25, -0.2) is 0 Å². The predicted octanol–water partition coefficient (Wildman–Crippen LogP) is 4.36. The first kappa shape index (κ1) is 27.4. The summed E-state index contributed by atoms with van der Waals surface area (Å²) in [4.78, 5) is 45.6. The summed E-state index contributed by atoms with van der Waals surface area (Å²) in [6.07, 6.45) is 7.27. The molecule has 0 spiro atoms. The molecule has 7 nitrogen and oxygen atoms in total. The van der Waals surface area contributed by atoms with E-state index in [1.807, 2.05) is 49.4 Å². The number of aryl methyl sites for hydroxylation is 1. The number of benzene rings is 2. The summed E-state index contributed by atoms with van der Waals surface area (Å²) < 4.78 is 0. The number of carbonyl (C=O) groups excluding carboxylic acids is 3. The second-order valence-corrected chi connectivity index (χ2v) is 11.7. The molecule has 3 aliphatic rings. The zero-order valence-corrected chi connectivity index (χ0v) is 23.1. The monoisotopic (exact) mass is 530 g/mol. The van der Waals surface area contributed by atoms with Gasteiger partial charge in [0, 0.05) is 30.7 Å². The van der Waals surface area contributed by atoms with Crippen LogP contribution >= 0.6 is 0 Å². The molecule has 3 N–H and O–H groups in total. The molecular formula is C32H42N4O3. The van der Waals surface area contributed by atoms with E-state index in [2.05, 4.69) is 5.32 Å². The lowest BCUT2D eigenvalue weighted by atomic mass is 9.83.